The van der Waals surface area contributed by atoms with Crippen molar-refractivity contribution in [1.29, 1.82) is 0 Å². The molecule has 3 heterocycles. The Morgan fingerprint density at radius 2 is 1.72 bits per heavy atom. The van der Waals surface area contributed by atoms with Crippen molar-refractivity contribution in [1.82, 2.24) is 9.97 Å². The summed E-state index contributed by atoms with van der Waals surface area (Å²) in [7, 11) is 0. The molecule has 2 unspecified atom stereocenters. The standard InChI is InChI=1S/C36H39N3O3S/c1-5-25(6-2)18-32(36(16-7-17-38-36)30-14-12-26(13-15-30)24(3)4)27-8-10-28(11-9-27)33-23-43-34(39-33)22-42-31-19-29(35(40)41)20-37-21-31/h7-17,19-21,23-25,32H,5-6,18,22H2,1-4H3,(H,40,41). The predicted molar refractivity (Wildman–Crippen MR) is 174 cm³/mol. The number of carboxylic acid groups (broad SMARTS) is 1. The smallest absolute Gasteiger partial charge is 0.337 e. The summed E-state index contributed by atoms with van der Waals surface area (Å²) >= 11 is 1.52. The topological polar surface area (TPSA) is 84.7 Å². The van der Waals surface area contributed by atoms with Crippen molar-refractivity contribution in [2.75, 3.05) is 0 Å². The Morgan fingerprint density at radius 3 is 2.35 bits per heavy atom. The summed E-state index contributed by atoms with van der Waals surface area (Å²) in [4.78, 5) is 25.1. The van der Waals surface area contributed by atoms with Crippen LogP contribution in [0.25, 0.3) is 11.3 Å². The second kappa shape index (κ2) is 13.5. The first-order valence-electron chi connectivity index (χ1n) is 15.0. The number of aromatic nitrogens is 2. The number of hydrogen-bond acceptors (Lipinski definition) is 6. The van der Waals surface area contributed by atoms with Gasteiger partial charge in [-0.1, -0.05) is 95.1 Å². The average molecular weight is 594 g/mol. The Morgan fingerprint density at radius 1 is 1.00 bits per heavy atom. The van der Waals surface area contributed by atoms with E-state index in [1.807, 2.05) is 11.6 Å². The van der Waals surface area contributed by atoms with E-state index in [1.165, 1.54) is 46.5 Å². The summed E-state index contributed by atoms with van der Waals surface area (Å²) < 4.78 is 5.77. The summed E-state index contributed by atoms with van der Waals surface area (Å²) in [6, 6.07) is 19.3. The zero-order valence-corrected chi connectivity index (χ0v) is 26.1. The Kier molecular flexibility index (Phi) is 9.51. The molecule has 1 aliphatic heterocycles. The molecule has 0 fully saturated rings. The van der Waals surface area contributed by atoms with Gasteiger partial charge in [0.2, 0.25) is 0 Å². The van der Waals surface area contributed by atoms with E-state index < -0.39 is 11.5 Å². The van der Waals surface area contributed by atoms with Crippen molar-refractivity contribution in [3.05, 3.63) is 112 Å². The molecule has 0 amide bonds. The van der Waals surface area contributed by atoms with E-state index in [4.69, 9.17) is 14.7 Å². The molecule has 0 saturated carbocycles. The third kappa shape index (κ3) is 6.78. The van der Waals surface area contributed by atoms with Crippen LogP contribution in [0.3, 0.4) is 0 Å². The number of allylic oxidation sites excluding steroid dienone is 1. The van der Waals surface area contributed by atoms with Gasteiger partial charge >= 0.3 is 5.97 Å². The first-order valence-corrected chi connectivity index (χ1v) is 15.9. The molecule has 1 aliphatic rings. The van der Waals surface area contributed by atoms with E-state index in [0.29, 0.717) is 17.6 Å². The van der Waals surface area contributed by atoms with Crippen molar-refractivity contribution in [2.24, 2.45) is 10.9 Å². The molecule has 222 valence electrons. The van der Waals surface area contributed by atoms with Crippen LogP contribution < -0.4 is 4.74 Å². The highest BCUT2D eigenvalue weighted by Crippen LogP contribution is 2.48. The van der Waals surface area contributed by atoms with Crippen molar-refractivity contribution in [3.63, 3.8) is 0 Å². The molecule has 2 aromatic heterocycles. The van der Waals surface area contributed by atoms with Crippen LogP contribution >= 0.6 is 11.3 Å². The number of carboxylic acids is 1. The van der Waals surface area contributed by atoms with Gasteiger partial charge in [-0.3, -0.25) is 9.98 Å². The first kappa shape index (κ1) is 30.4. The molecule has 6 nitrogen and oxygen atoms in total. The van der Waals surface area contributed by atoms with E-state index in [1.54, 1.807) is 0 Å². The van der Waals surface area contributed by atoms with Crippen LogP contribution in [0, 0.1) is 5.92 Å². The molecule has 2 aromatic carbocycles. The number of hydrogen-bond donors (Lipinski definition) is 1. The molecule has 7 heteroatoms. The van der Waals surface area contributed by atoms with Gasteiger partial charge in [0, 0.05) is 29.3 Å². The zero-order chi connectivity index (χ0) is 30.4. The van der Waals surface area contributed by atoms with Crippen LogP contribution in [0.15, 0.2) is 89.5 Å². The number of rotatable bonds is 13. The lowest BCUT2D eigenvalue weighted by Gasteiger charge is -2.37. The molecule has 0 bridgehead atoms. The van der Waals surface area contributed by atoms with Crippen LogP contribution in [-0.4, -0.2) is 27.3 Å². The van der Waals surface area contributed by atoms with Gasteiger partial charge in [0.25, 0.3) is 0 Å². The molecule has 2 atom stereocenters. The minimum absolute atomic E-state index is 0.0908. The average Bonchev–Trinajstić information content (AvgIpc) is 3.72. The highest BCUT2D eigenvalue weighted by molar-refractivity contribution is 7.09. The summed E-state index contributed by atoms with van der Waals surface area (Å²) in [5.74, 6) is 0.652. The van der Waals surface area contributed by atoms with Crippen LogP contribution in [0.5, 0.6) is 5.75 Å². The Bertz CT molecular complexity index is 1570. The van der Waals surface area contributed by atoms with Crippen LogP contribution in [0.2, 0.25) is 0 Å². The van der Waals surface area contributed by atoms with Gasteiger partial charge in [-0.05, 0) is 47.1 Å². The van der Waals surface area contributed by atoms with E-state index in [2.05, 4.69) is 93.4 Å². The minimum atomic E-state index is -1.04. The Hall–Kier alpha value is -4.10. The molecular weight excluding hydrogens is 554 g/mol. The normalized spacial score (nSPS) is 16.7. The zero-order valence-electron chi connectivity index (χ0n) is 25.2. The van der Waals surface area contributed by atoms with Crippen molar-refractivity contribution in [2.45, 2.75) is 70.9 Å². The van der Waals surface area contributed by atoms with E-state index >= 15 is 0 Å². The first-order chi connectivity index (χ1) is 20.8. The quantitative estimate of drug-likeness (QED) is 0.167. The summed E-state index contributed by atoms with van der Waals surface area (Å²) in [6.45, 7) is 9.27. The van der Waals surface area contributed by atoms with E-state index in [9.17, 15) is 9.90 Å². The molecule has 0 spiro atoms. The Labute approximate surface area is 258 Å². The summed E-state index contributed by atoms with van der Waals surface area (Å²) in [6.07, 6.45) is 12.5. The van der Waals surface area contributed by atoms with Gasteiger partial charge in [-0.25, -0.2) is 9.78 Å². The Balaban J connectivity index is 1.39. The van der Waals surface area contributed by atoms with Gasteiger partial charge in [0.1, 0.15) is 22.9 Å². The largest absolute Gasteiger partial charge is 0.485 e. The highest BCUT2D eigenvalue weighted by atomic mass is 32.1. The number of carbonyl (C=O) groups is 1. The van der Waals surface area contributed by atoms with Crippen molar-refractivity contribution < 1.29 is 14.6 Å². The van der Waals surface area contributed by atoms with E-state index in [0.717, 1.165) is 35.5 Å². The highest BCUT2D eigenvalue weighted by Gasteiger charge is 2.41. The van der Waals surface area contributed by atoms with Gasteiger partial charge in [-0.15, -0.1) is 11.3 Å². The van der Waals surface area contributed by atoms with Gasteiger partial charge < -0.3 is 9.84 Å². The fourth-order valence-corrected chi connectivity index (χ4v) is 6.51. The fraction of sp³-hybridized carbons (Fsp3) is 0.333. The number of benzene rings is 2. The third-order valence-corrected chi connectivity index (χ3v) is 9.32. The number of nitrogens with zero attached hydrogens (tertiary/aromatic N) is 3. The minimum Gasteiger partial charge on any atom is -0.485 e. The van der Waals surface area contributed by atoms with Crippen molar-refractivity contribution >= 4 is 23.5 Å². The molecule has 5 rings (SSSR count). The second-order valence-corrected chi connectivity index (χ2v) is 12.4. The molecule has 0 aliphatic carbocycles. The van der Waals surface area contributed by atoms with Crippen LogP contribution in [0.1, 0.15) is 90.8 Å². The molecular formula is C36H39N3O3S. The van der Waals surface area contributed by atoms with E-state index in [-0.39, 0.29) is 18.1 Å². The number of pyridine rings is 1. The molecule has 0 saturated heterocycles. The monoisotopic (exact) mass is 593 g/mol. The lowest BCUT2D eigenvalue weighted by atomic mass is 9.70. The van der Waals surface area contributed by atoms with Gasteiger partial charge in [0.05, 0.1) is 17.5 Å². The SMILES string of the molecule is CCC(CC)CC(c1ccc(-c2csc(COc3cncc(C(=O)O)c3)n2)cc1)C1(c2ccc(C(C)C)cc2)C=CC=N1. The lowest BCUT2D eigenvalue weighted by Crippen LogP contribution is -2.30. The van der Waals surface area contributed by atoms with Gasteiger partial charge in [-0.2, -0.15) is 0 Å². The molecule has 0 radical (unpaired) electrons. The number of aromatic carboxylic acids is 1. The number of ether oxygens (including phenoxy) is 1. The molecule has 43 heavy (non-hydrogen) atoms. The van der Waals surface area contributed by atoms with Crippen LogP contribution in [-0.2, 0) is 12.1 Å². The maximum atomic E-state index is 11.2. The maximum Gasteiger partial charge on any atom is 0.337 e. The summed E-state index contributed by atoms with van der Waals surface area (Å²) in [5.41, 5.74) is 5.44. The molecule has 4 aromatic rings. The number of thiazole rings is 1. The summed E-state index contributed by atoms with van der Waals surface area (Å²) in [5, 5.41) is 12.0. The van der Waals surface area contributed by atoms with Gasteiger partial charge in [0.15, 0.2) is 0 Å². The number of aliphatic imine (C=N–C) groups is 1. The maximum absolute atomic E-state index is 11.2. The predicted octanol–water partition coefficient (Wildman–Crippen LogP) is 9.05. The third-order valence-electron chi connectivity index (χ3n) is 8.50. The van der Waals surface area contributed by atoms with Crippen molar-refractivity contribution in [3.8, 4) is 17.0 Å². The van der Waals surface area contributed by atoms with Crippen LogP contribution in [0.4, 0.5) is 0 Å². The molecule has 1 N–H and O–H groups in total. The second-order valence-electron chi connectivity index (χ2n) is 11.5. The lowest BCUT2D eigenvalue weighted by molar-refractivity contribution is 0.0695. The fourth-order valence-electron chi connectivity index (χ4n) is 5.79.